The number of sulfonamides is 1. The number of ether oxygens (including phenoxy) is 1. The summed E-state index contributed by atoms with van der Waals surface area (Å²) >= 11 is 7.43. The van der Waals surface area contributed by atoms with Crippen molar-refractivity contribution in [3.05, 3.63) is 68.5 Å². The number of carbonyl (C=O) groups is 1. The van der Waals surface area contributed by atoms with Gasteiger partial charge in [-0.3, -0.25) is 4.90 Å². The maximum Gasteiger partial charge on any atom is 0.430 e. The highest BCUT2D eigenvalue weighted by molar-refractivity contribution is 7.93. The Labute approximate surface area is 243 Å². The summed E-state index contributed by atoms with van der Waals surface area (Å²) in [6, 6.07) is 5.10. The highest BCUT2D eigenvalue weighted by atomic mass is 35.5. The second-order valence-electron chi connectivity index (χ2n) is 10.5. The summed E-state index contributed by atoms with van der Waals surface area (Å²) in [7, 11) is -2.89. The van der Waals surface area contributed by atoms with E-state index in [0.717, 1.165) is 34.6 Å². The highest BCUT2D eigenvalue weighted by Crippen LogP contribution is 2.33. The van der Waals surface area contributed by atoms with Crippen LogP contribution in [-0.2, 0) is 27.8 Å². The van der Waals surface area contributed by atoms with Crippen LogP contribution >= 0.6 is 22.9 Å². The number of anilines is 2. The van der Waals surface area contributed by atoms with E-state index in [9.17, 15) is 17.6 Å². The van der Waals surface area contributed by atoms with Gasteiger partial charge >= 0.3 is 6.09 Å². The lowest BCUT2D eigenvalue weighted by Gasteiger charge is -2.26. The van der Waals surface area contributed by atoms with Crippen molar-refractivity contribution in [3.8, 4) is 0 Å². The van der Waals surface area contributed by atoms with Gasteiger partial charge in [-0.05, 0) is 77.9 Å². The van der Waals surface area contributed by atoms with Gasteiger partial charge in [-0.2, -0.15) is 0 Å². The number of benzene rings is 2. The van der Waals surface area contributed by atoms with Crippen molar-refractivity contribution in [3.63, 3.8) is 0 Å². The number of nitrogens with one attached hydrogen (secondary N) is 1. The number of nitrogens with zero attached hydrogens (tertiary/aromatic N) is 3. The minimum Gasteiger partial charge on any atom is -0.443 e. The van der Waals surface area contributed by atoms with E-state index < -0.39 is 38.2 Å². The standard InChI is InChI=1S/C27H33ClF2N4O4S2/c1-16(2)33(7)13-19-17(3)8-9-21(29)18(19)12-31-23-11-22(30)24(10-20(23)28)40(36,37)34(25-14-39-15-32-25)26(35)38-27(4,5)6/h8-11,14-16,31H,12-13H2,1-7H3. The third-order valence-corrected chi connectivity index (χ3v) is 8.65. The van der Waals surface area contributed by atoms with Gasteiger partial charge < -0.3 is 10.1 Å². The summed E-state index contributed by atoms with van der Waals surface area (Å²) in [5.74, 6) is -1.84. The van der Waals surface area contributed by atoms with Gasteiger partial charge in [-0.15, -0.1) is 15.6 Å². The topological polar surface area (TPSA) is 91.8 Å². The van der Waals surface area contributed by atoms with Crippen molar-refractivity contribution in [2.45, 2.75) is 71.2 Å². The highest BCUT2D eigenvalue weighted by Gasteiger charge is 2.38. The van der Waals surface area contributed by atoms with Crippen molar-refractivity contribution < 1.29 is 26.7 Å². The Morgan fingerprint density at radius 3 is 2.42 bits per heavy atom. The van der Waals surface area contributed by atoms with Gasteiger partial charge in [0.25, 0.3) is 10.0 Å². The fraction of sp³-hybridized carbons (Fsp3) is 0.407. The Morgan fingerprint density at radius 1 is 1.18 bits per heavy atom. The molecule has 0 atom stereocenters. The number of thiazole rings is 1. The normalized spacial score (nSPS) is 12.2. The van der Waals surface area contributed by atoms with Crippen LogP contribution in [0.25, 0.3) is 0 Å². The molecule has 0 fully saturated rings. The summed E-state index contributed by atoms with van der Waals surface area (Å²) in [6.45, 7) is 11.1. The van der Waals surface area contributed by atoms with Crippen LogP contribution < -0.4 is 9.62 Å². The molecule has 0 aliphatic heterocycles. The fourth-order valence-electron chi connectivity index (χ4n) is 3.69. The van der Waals surface area contributed by atoms with Gasteiger partial charge in [0.2, 0.25) is 0 Å². The molecule has 0 saturated heterocycles. The number of aryl methyl sites for hydroxylation is 1. The molecule has 0 bridgehead atoms. The molecule has 3 aromatic rings. The predicted molar refractivity (Wildman–Crippen MR) is 154 cm³/mol. The third kappa shape index (κ3) is 7.28. The van der Waals surface area contributed by atoms with Crippen LogP contribution in [0.1, 0.15) is 51.3 Å². The Bertz CT molecular complexity index is 1480. The summed E-state index contributed by atoms with van der Waals surface area (Å²) in [5, 5.41) is 4.11. The molecule has 3 rings (SSSR count). The average Bonchev–Trinajstić information content (AvgIpc) is 3.35. The third-order valence-electron chi connectivity index (χ3n) is 6.08. The lowest BCUT2D eigenvalue weighted by atomic mass is 10.00. The van der Waals surface area contributed by atoms with E-state index in [1.165, 1.54) is 17.0 Å². The van der Waals surface area contributed by atoms with Crippen LogP contribution in [0.15, 0.2) is 40.1 Å². The Balaban J connectivity index is 1.96. The molecule has 13 heteroatoms. The fourth-order valence-corrected chi connectivity index (χ4v) is 5.92. The molecule has 0 radical (unpaired) electrons. The van der Waals surface area contributed by atoms with Crippen LogP contribution in [0.3, 0.4) is 0 Å². The van der Waals surface area contributed by atoms with Crippen LogP contribution in [0.4, 0.5) is 25.1 Å². The Morgan fingerprint density at radius 2 is 1.85 bits per heavy atom. The largest absolute Gasteiger partial charge is 0.443 e. The zero-order valence-corrected chi connectivity index (χ0v) is 25.8. The summed E-state index contributed by atoms with van der Waals surface area (Å²) in [4.78, 5) is 18.0. The molecule has 8 nitrogen and oxygen atoms in total. The van der Waals surface area contributed by atoms with Gasteiger partial charge in [0, 0.05) is 30.1 Å². The van der Waals surface area contributed by atoms with Gasteiger partial charge in [-0.1, -0.05) is 17.7 Å². The van der Waals surface area contributed by atoms with E-state index >= 15 is 4.39 Å². The summed E-state index contributed by atoms with van der Waals surface area (Å²) in [5.41, 5.74) is 2.43. The van der Waals surface area contributed by atoms with Gasteiger partial charge in [0.05, 0.1) is 16.2 Å². The van der Waals surface area contributed by atoms with Crippen LogP contribution in [-0.4, -0.2) is 43.1 Å². The minimum absolute atomic E-state index is 0.0249. The van der Waals surface area contributed by atoms with Gasteiger partial charge in [0.15, 0.2) is 5.82 Å². The number of hydrogen-bond donors (Lipinski definition) is 1. The first-order valence-corrected chi connectivity index (χ1v) is 15.2. The molecule has 218 valence electrons. The Kier molecular flexibility index (Phi) is 9.82. The number of aromatic nitrogens is 1. The smallest absolute Gasteiger partial charge is 0.430 e. The molecule has 0 saturated carbocycles. The summed E-state index contributed by atoms with van der Waals surface area (Å²) < 4.78 is 62.9. The van der Waals surface area contributed by atoms with E-state index in [2.05, 4.69) is 15.2 Å². The molecule has 0 spiro atoms. The second kappa shape index (κ2) is 12.4. The van der Waals surface area contributed by atoms with Crippen molar-refractivity contribution in [1.29, 1.82) is 0 Å². The molecule has 40 heavy (non-hydrogen) atoms. The maximum absolute atomic E-state index is 15.4. The monoisotopic (exact) mass is 614 g/mol. The number of hydrogen-bond acceptors (Lipinski definition) is 8. The zero-order valence-electron chi connectivity index (χ0n) is 23.4. The van der Waals surface area contributed by atoms with Crippen molar-refractivity contribution in [1.82, 2.24) is 9.88 Å². The van der Waals surface area contributed by atoms with Crippen molar-refractivity contribution in [2.24, 2.45) is 0 Å². The molecule has 1 amide bonds. The minimum atomic E-state index is -4.82. The number of carbonyl (C=O) groups excluding carboxylic acids is 1. The predicted octanol–water partition coefficient (Wildman–Crippen LogP) is 6.97. The lowest BCUT2D eigenvalue weighted by molar-refractivity contribution is 0.0608. The van der Waals surface area contributed by atoms with E-state index in [4.69, 9.17) is 16.3 Å². The molecule has 1 N–H and O–H groups in total. The molecular formula is C27H33ClF2N4O4S2. The number of rotatable bonds is 9. The SMILES string of the molecule is Cc1ccc(F)c(CNc2cc(F)c(S(=O)(=O)N(C(=O)OC(C)(C)C)c3cscn3)cc2Cl)c1CN(C)C(C)C. The molecule has 0 aliphatic rings. The van der Waals surface area contributed by atoms with Crippen LogP contribution in [0.2, 0.25) is 5.02 Å². The molecule has 0 aliphatic carbocycles. The lowest BCUT2D eigenvalue weighted by Crippen LogP contribution is -2.41. The first-order chi connectivity index (χ1) is 18.5. The van der Waals surface area contributed by atoms with Crippen molar-refractivity contribution >= 4 is 50.6 Å². The molecule has 0 unspecified atom stereocenters. The van der Waals surface area contributed by atoms with Crippen molar-refractivity contribution in [2.75, 3.05) is 16.7 Å². The summed E-state index contributed by atoms with van der Waals surface area (Å²) in [6.07, 6.45) is -1.25. The Hall–Kier alpha value is -2.80. The molecule has 2 aromatic carbocycles. The number of halogens is 3. The maximum atomic E-state index is 15.4. The van der Waals surface area contributed by atoms with Crippen LogP contribution in [0.5, 0.6) is 0 Å². The zero-order chi connectivity index (χ0) is 30.0. The molecule has 1 aromatic heterocycles. The van der Waals surface area contributed by atoms with Gasteiger partial charge in [0.1, 0.15) is 22.1 Å². The van der Waals surface area contributed by atoms with E-state index in [1.807, 2.05) is 27.8 Å². The first-order valence-electron chi connectivity index (χ1n) is 12.4. The van der Waals surface area contributed by atoms with Crippen LogP contribution in [0, 0.1) is 18.6 Å². The molecule has 1 heterocycles. The van der Waals surface area contributed by atoms with Gasteiger partial charge in [-0.25, -0.2) is 27.0 Å². The van der Waals surface area contributed by atoms with E-state index in [-0.39, 0.29) is 29.1 Å². The van der Waals surface area contributed by atoms with E-state index in [1.54, 1.807) is 26.8 Å². The molecular weight excluding hydrogens is 582 g/mol. The average molecular weight is 615 g/mol. The second-order valence-corrected chi connectivity index (χ2v) is 13.4. The quantitative estimate of drug-likeness (QED) is 0.278. The first kappa shape index (κ1) is 31.7. The van der Waals surface area contributed by atoms with E-state index in [0.29, 0.717) is 16.4 Å². The number of amides is 1.